The van der Waals surface area contributed by atoms with Crippen LogP contribution in [0.25, 0.3) is 0 Å². The summed E-state index contributed by atoms with van der Waals surface area (Å²) in [5.74, 6) is 0.793. The van der Waals surface area contributed by atoms with Gasteiger partial charge in [0.05, 0.1) is 4.92 Å². The van der Waals surface area contributed by atoms with E-state index in [2.05, 4.69) is 27.9 Å². The van der Waals surface area contributed by atoms with E-state index in [1.807, 2.05) is 0 Å². The lowest BCUT2D eigenvalue weighted by Gasteiger charge is -2.12. The Morgan fingerprint density at radius 2 is 1.82 bits per heavy atom. The first-order valence-corrected chi connectivity index (χ1v) is 7.60. The molecule has 0 fully saturated rings. The van der Waals surface area contributed by atoms with E-state index in [1.54, 1.807) is 19.2 Å². The van der Waals surface area contributed by atoms with Gasteiger partial charge in [-0.2, -0.15) is 0 Å². The lowest BCUT2D eigenvalue weighted by atomic mass is 10.2. The molecule has 0 unspecified atom stereocenters. The van der Waals surface area contributed by atoms with Crippen LogP contribution in [0.4, 0.5) is 11.4 Å². The summed E-state index contributed by atoms with van der Waals surface area (Å²) < 4.78 is 0. The first-order chi connectivity index (χ1) is 10.7. The summed E-state index contributed by atoms with van der Waals surface area (Å²) in [5, 5.41) is 20.2. The molecule has 7 heteroatoms. The molecule has 0 aliphatic rings. The number of non-ortho nitro benzene ring substituents is 1. The van der Waals surface area contributed by atoms with Crippen molar-refractivity contribution in [3.05, 3.63) is 34.4 Å². The van der Waals surface area contributed by atoms with Gasteiger partial charge in [0.1, 0.15) is 0 Å². The van der Waals surface area contributed by atoms with Crippen molar-refractivity contribution in [2.75, 3.05) is 32.0 Å². The molecule has 0 bridgehead atoms. The number of nitrogens with one attached hydrogen (secondary N) is 3. The van der Waals surface area contributed by atoms with Crippen LogP contribution in [-0.2, 0) is 0 Å². The predicted molar refractivity (Wildman–Crippen MR) is 90.5 cm³/mol. The largest absolute Gasteiger partial charge is 0.383 e. The van der Waals surface area contributed by atoms with E-state index in [0.29, 0.717) is 13.1 Å². The Hall–Kier alpha value is -2.31. The number of nitro benzene ring substituents is 1. The van der Waals surface area contributed by atoms with Crippen molar-refractivity contribution in [1.29, 1.82) is 0 Å². The molecule has 1 aromatic carbocycles. The lowest BCUT2D eigenvalue weighted by molar-refractivity contribution is -0.384. The molecule has 0 amide bonds. The normalized spacial score (nSPS) is 11.1. The summed E-state index contributed by atoms with van der Waals surface area (Å²) in [6.07, 6.45) is 3.55. The third kappa shape index (κ3) is 6.92. The van der Waals surface area contributed by atoms with E-state index in [-0.39, 0.29) is 5.69 Å². The summed E-state index contributed by atoms with van der Waals surface area (Å²) in [5.41, 5.74) is 0.957. The Kier molecular flexibility index (Phi) is 8.40. The van der Waals surface area contributed by atoms with Gasteiger partial charge in [-0.05, 0) is 18.6 Å². The van der Waals surface area contributed by atoms with Gasteiger partial charge in [0.2, 0.25) is 0 Å². The quantitative estimate of drug-likeness (QED) is 0.214. The second kappa shape index (κ2) is 10.4. The molecule has 0 spiro atoms. The highest BCUT2D eigenvalue weighted by Crippen LogP contribution is 2.14. The Morgan fingerprint density at radius 3 is 2.41 bits per heavy atom. The smallest absolute Gasteiger partial charge is 0.269 e. The van der Waals surface area contributed by atoms with Crippen molar-refractivity contribution in [3.63, 3.8) is 0 Å². The number of hydrogen-bond acceptors (Lipinski definition) is 4. The van der Waals surface area contributed by atoms with E-state index in [4.69, 9.17) is 0 Å². The maximum Gasteiger partial charge on any atom is 0.269 e. The second-order valence-corrected chi connectivity index (χ2v) is 4.86. The molecule has 0 aliphatic heterocycles. The molecular weight excluding hydrogens is 282 g/mol. The Labute approximate surface area is 131 Å². The minimum absolute atomic E-state index is 0.0976. The molecule has 7 nitrogen and oxygen atoms in total. The third-order valence-corrected chi connectivity index (χ3v) is 3.12. The lowest BCUT2D eigenvalue weighted by Crippen LogP contribution is -2.39. The summed E-state index contributed by atoms with van der Waals surface area (Å²) in [6, 6.07) is 6.39. The van der Waals surface area contributed by atoms with Crippen molar-refractivity contribution >= 4 is 17.3 Å². The van der Waals surface area contributed by atoms with E-state index in [1.165, 1.54) is 25.0 Å². The Morgan fingerprint density at radius 1 is 1.14 bits per heavy atom. The van der Waals surface area contributed by atoms with Gasteiger partial charge >= 0.3 is 0 Å². The Balaban J connectivity index is 2.21. The number of hydrogen-bond donors (Lipinski definition) is 3. The summed E-state index contributed by atoms with van der Waals surface area (Å²) in [7, 11) is 1.75. The SMILES string of the molecule is CCCCCNC(=NC)NCCNc1ccc([N+](=O)[O-])cc1. The van der Waals surface area contributed by atoms with Crippen molar-refractivity contribution < 1.29 is 4.92 Å². The molecule has 0 atom stereocenters. The fourth-order valence-corrected chi connectivity index (χ4v) is 1.89. The van der Waals surface area contributed by atoms with Crippen LogP contribution in [0.15, 0.2) is 29.3 Å². The maximum atomic E-state index is 10.6. The van der Waals surface area contributed by atoms with Crippen molar-refractivity contribution in [2.24, 2.45) is 4.99 Å². The minimum Gasteiger partial charge on any atom is -0.383 e. The van der Waals surface area contributed by atoms with Crippen LogP contribution in [0.3, 0.4) is 0 Å². The fourth-order valence-electron chi connectivity index (χ4n) is 1.89. The second-order valence-electron chi connectivity index (χ2n) is 4.86. The van der Waals surface area contributed by atoms with Crippen LogP contribution in [0.1, 0.15) is 26.2 Å². The molecular formula is C15H25N5O2. The Bertz CT molecular complexity index is 473. The summed E-state index contributed by atoms with van der Waals surface area (Å²) in [4.78, 5) is 14.3. The maximum absolute atomic E-state index is 10.6. The van der Waals surface area contributed by atoms with Crippen molar-refractivity contribution in [3.8, 4) is 0 Å². The van der Waals surface area contributed by atoms with Crippen LogP contribution >= 0.6 is 0 Å². The number of aliphatic imine (C=N–C) groups is 1. The van der Waals surface area contributed by atoms with Crippen LogP contribution in [-0.4, -0.2) is 37.6 Å². The molecule has 1 aromatic rings. The van der Waals surface area contributed by atoms with Crippen LogP contribution in [0.2, 0.25) is 0 Å². The van der Waals surface area contributed by atoms with E-state index in [9.17, 15) is 10.1 Å². The fraction of sp³-hybridized carbons (Fsp3) is 0.533. The highest BCUT2D eigenvalue weighted by Gasteiger charge is 2.03. The highest BCUT2D eigenvalue weighted by atomic mass is 16.6. The number of benzene rings is 1. The summed E-state index contributed by atoms with van der Waals surface area (Å²) >= 11 is 0. The average molecular weight is 307 g/mol. The zero-order valence-electron chi connectivity index (χ0n) is 13.3. The molecule has 3 N–H and O–H groups in total. The van der Waals surface area contributed by atoms with E-state index < -0.39 is 4.92 Å². The van der Waals surface area contributed by atoms with Crippen LogP contribution in [0.5, 0.6) is 0 Å². The van der Waals surface area contributed by atoms with Crippen LogP contribution < -0.4 is 16.0 Å². The summed E-state index contributed by atoms with van der Waals surface area (Å²) in [6.45, 7) is 4.51. The highest BCUT2D eigenvalue weighted by molar-refractivity contribution is 5.79. The zero-order chi connectivity index (χ0) is 16.2. The molecule has 0 saturated heterocycles. The molecule has 0 radical (unpaired) electrons. The van der Waals surface area contributed by atoms with Gasteiger partial charge in [-0.25, -0.2) is 0 Å². The predicted octanol–water partition coefficient (Wildman–Crippen LogP) is 2.36. The molecule has 0 aromatic heterocycles. The number of unbranched alkanes of at least 4 members (excludes halogenated alkanes) is 2. The number of guanidine groups is 1. The zero-order valence-corrected chi connectivity index (χ0v) is 13.3. The number of anilines is 1. The van der Waals surface area contributed by atoms with Gasteiger partial charge in [0, 0.05) is 44.5 Å². The van der Waals surface area contributed by atoms with Gasteiger partial charge < -0.3 is 16.0 Å². The van der Waals surface area contributed by atoms with Crippen molar-refractivity contribution in [2.45, 2.75) is 26.2 Å². The average Bonchev–Trinajstić information content (AvgIpc) is 2.53. The first kappa shape index (κ1) is 17.7. The molecule has 122 valence electrons. The molecule has 0 aliphatic carbocycles. The van der Waals surface area contributed by atoms with Gasteiger partial charge in [-0.15, -0.1) is 0 Å². The van der Waals surface area contributed by atoms with Crippen LogP contribution in [0, 0.1) is 10.1 Å². The molecule has 0 heterocycles. The molecule has 0 saturated carbocycles. The van der Waals surface area contributed by atoms with Gasteiger partial charge in [-0.3, -0.25) is 15.1 Å². The first-order valence-electron chi connectivity index (χ1n) is 7.60. The number of rotatable bonds is 9. The van der Waals surface area contributed by atoms with Crippen molar-refractivity contribution in [1.82, 2.24) is 10.6 Å². The molecule has 1 rings (SSSR count). The number of nitro groups is 1. The van der Waals surface area contributed by atoms with Gasteiger partial charge in [0.15, 0.2) is 5.96 Å². The third-order valence-electron chi connectivity index (χ3n) is 3.12. The van der Waals surface area contributed by atoms with E-state index in [0.717, 1.165) is 24.6 Å². The number of nitrogens with zero attached hydrogens (tertiary/aromatic N) is 2. The van der Waals surface area contributed by atoms with E-state index >= 15 is 0 Å². The topological polar surface area (TPSA) is 91.6 Å². The van der Waals surface area contributed by atoms with Gasteiger partial charge in [0.25, 0.3) is 5.69 Å². The monoisotopic (exact) mass is 307 g/mol. The minimum atomic E-state index is -0.403. The molecule has 22 heavy (non-hydrogen) atoms. The van der Waals surface area contributed by atoms with Gasteiger partial charge in [-0.1, -0.05) is 19.8 Å². The standard InChI is InChI=1S/C15H25N5O2/c1-3-4-5-10-18-15(16-2)19-12-11-17-13-6-8-14(9-7-13)20(21)22/h6-9,17H,3-5,10-12H2,1-2H3,(H2,16,18,19).